The third kappa shape index (κ3) is 2.79. The van der Waals surface area contributed by atoms with Gasteiger partial charge in [-0.1, -0.05) is 20.4 Å². The summed E-state index contributed by atoms with van der Waals surface area (Å²) in [5.41, 5.74) is 0. The molecule has 0 aromatic heterocycles. The Morgan fingerprint density at radius 3 is 2.53 bits per heavy atom. The summed E-state index contributed by atoms with van der Waals surface area (Å²) in [4.78, 5) is 10.5. The molecule has 0 bridgehead atoms. The molecule has 0 aromatic carbocycles. The van der Waals surface area contributed by atoms with Crippen LogP contribution in [0.5, 0.6) is 0 Å². The number of carbonyl (C=O) groups is 1. The lowest BCUT2D eigenvalue weighted by Gasteiger charge is -2.44. The van der Waals surface area contributed by atoms with Crippen molar-refractivity contribution in [1.82, 2.24) is 5.32 Å². The second kappa shape index (κ2) is 6.02. The summed E-state index contributed by atoms with van der Waals surface area (Å²) in [6.45, 7) is 7.28. The Labute approximate surface area is 101 Å². The summed E-state index contributed by atoms with van der Waals surface area (Å²) in [6.07, 6.45) is 0.233. The Morgan fingerprint density at radius 1 is 1.47 bits per heavy atom. The van der Waals surface area contributed by atoms with Crippen molar-refractivity contribution in [2.24, 2.45) is 5.92 Å². The molecule has 5 heteroatoms. The number of nitrogens with one attached hydrogen (secondary N) is 1. The molecule has 0 aromatic rings. The van der Waals surface area contributed by atoms with Crippen LogP contribution in [-0.2, 0) is 9.53 Å². The monoisotopic (exact) mass is 243 g/mol. The van der Waals surface area contributed by atoms with Crippen LogP contribution in [0.1, 0.15) is 26.7 Å². The van der Waals surface area contributed by atoms with Gasteiger partial charge in [-0.3, -0.25) is 4.79 Å². The van der Waals surface area contributed by atoms with Gasteiger partial charge in [0, 0.05) is 5.92 Å². The molecule has 5 unspecified atom stereocenters. The average molecular weight is 243 g/mol. The standard InChI is InChI=1S/C12H21NO4/c1-4-8-11(16)10(13-6-14)9(5-2)17-12(8)7(3)15/h6,8-12,15-16H,3-5H2,1-2H3,(H,13,14). The third-order valence-corrected chi connectivity index (χ3v) is 3.38. The fourth-order valence-corrected chi connectivity index (χ4v) is 2.46. The van der Waals surface area contributed by atoms with Gasteiger partial charge < -0.3 is 20.3 Å². The van der Waals surface area contributed by atoms with Crippen molar-refractivity contribution in [2.45, 2.75) is 51.0 Å². The summed E-state index contributed by atoms with van der Waals surface area (Å²) in [7, 11) is 0. The number of carbonyl (C=O) groups excluding carboxylic acids is 1. The number of amides is 1. The van der Waals surface area contributed by atoms with Crippen LogP contribution < -0.4 is 5.32 Å². The Kier molecular flexibility index (Phi) is 4.96. The maximum absolute atomic E-state index is 10.5. The van der Waals surface area contributed by atoms with E-state index in [1.54, 1.807) is 0 Å². The molecule has 17 heavy (non-hydrogen) atoms. The SMILES string of the molecule is C=C(O)C1OC(CC)C(NC=O)C(O)C1CC. The van der Waals surface area contributed by atoms with Gasteiger partial charge in [-0.2, -0.15) is 0 Å². The van der Waals surface area contributed by atoms with Gasteiger partial charge in [-0.05, 0) is 12.8 Å². The van der Waals surface area contributed by atoms with Crippen molar-refractivity contribution >= 4 is 6.41 Å². The molecule has 3 N–H and O–H groups in total. The Morgan fingerprint density at radius 2 is 2.12 bits per heavy atom. The number of hydrogen-bond donors (Lipinski definition) is 3. The first-order valence-electron chi connectivity index (χ1n) is 5.97. The quantitative estimate of drug-likeness (QED) is 0.491. The minimum Gasteiger partial charge on any atom is -0.510 e. The van der Waals surface area contributed by atoms with Crippen molar-refractivity contribution in [3.05, 3.63) is 12.3 Å². The van der Waals surface area contributed by atoms with Gasteiger partial charge in [0.15, 0.2) is 0 Å². The lowest BCUT2D eigenvalue weighted by atomic mass is 9.82. The summed E-state index contributed by atoms with van der Waals surface area (Å²) < 4.78 is 5.71. The number of aliphatic hydroxyl groups excluding tert-OH is 2. The molecule has 0 radical (unpaired) electrons. The van der Waals surface area contributed by atoms with Gasteiger partial charge in [0.25, 0.3) is 0 Å². The topological polar surface area (TPSA) is 78.8 Å². The molecule has 1 fully saturated rings. The molecule has 0 spiro atoms. The zero-order chi connectivity index (χ0) is 13.0. The third-order valence-electron chi connectivity index (χ3n) is 3.38. The molecule has 5 nitrogen and oxygen atoms in total. The first kappa shape index (κ1) is 14.0. The molecule has 0 saturated carbocycles. The van der Waals surface area contributed by atoms with Crippen molar-refractivity contribution in [3.8, 4) is 0 Å². The van der Waals surface area contributed by atoms with Crippen LogP contribution >= 0.6 is 0 Å². The van der Waals surface area contributed by atoms with Crippen LogP contribution in [0.2, 0.25) is 0 Å². The fraction of sp³-hybridized carbons (Fsp3) is 0.750. The number of ether oxygens (including phenoxy) is 1. The smallest absolute Gasteiger partial charge is 0.207 e. The fourth-order valence-electron chi connectivity index (χ4n) is 2.46. The highest BCUT2D eigenvalue weighted by atomic mass is 16.5. The molecule has 1 aliphatic heterocycles. The van der Waals surface area contributed by atoms with E-state index in [4.69, 9.17) is 4.74 Å². The van der Waals surface area contributed by atoms with Crippen LogP contribution in [0.15, 0.2) is 12.3 Å². The minimum absolute atomic E-state index is 0.0705. The molecule has 1 heterocycles. The maximum atomic E-state index is 10.5. The molecule has 1 amide bonds. The van der Waals surface area contributed by atoms with Gasteiger partial charge in [0.2, 0.25) is 6.41 Å². The van der Waals surface area contributed by atoms with Gasteiger partial charge in [-0.15, -0.1) is 0 Å². The van der Waals surface area contributed by atoms with E-state index in [0.29, 0.717) is 19.3 Å². The summed E-state index contributed by atoms with van der Waals surface area (Å²) >= 11 is 0. The Hall–Kier alpha value is -1.07. The second-order valence-electron chi connectivity index (χ2n) is 4.37. The molecule has 5 atom stereocenters. The highest BCUT2D eigenvalue weighted by Gasteiger charge is 2.44. The number of rotatable bonds is 5. The van der Waals surface area contributed by atoms with E-state index in [1.165, 1.54) is 0 Å². The molecular formula is C12H21NO4. The zero-order valence-electron chi connectivity index (χ0n) is 10.3. The summed E-state index contributed by atoms with van der Waals surface area (Å²) in [5.74, 6) is -0.327. The first-order valence-corrected chi connectivity index (χ1v) is 5.97. The van der Waals surface area contributed by atoms with Gasteiger partial charge in [0.05, 0.1) is 18.2 Å². The summed E-state index contributed by atoms with van der Waals surface area (Å²) in [6, 6.07) is -0.432. The van der Waals surface area contributed by atoms with E-state index >= 15 is 0 Å². The Balaban J connectivity index is 2.91. The predicted octanol–water partition coefficient (Wildman–Crippen LogP) is 0.737. The van der Waals surface area contributed by atoms with Gasteiger partial charge >= 0.3 is 0 Å². The molecular weight excluding hydrogens is 222 g/mol. The van der Waals surface area contributed by atoms with Gasteiger partial charge in [0.1, 0.15) is 11.9 Å². The van der Waals surface area contributed by atoms with Crippen LogP contribution in [-0.4, -0.2) is 41.0 Å². The number of aliphatic hydroxyl groups is 2. The highest BCUT2D eigenvalue weighted by molar-refractivity contribution is 5.47. The molecule has 1 rings (SSSR count). The van der Waals surface area contributed by atoms with Crippen molar-refractivity contribution in [3.63, 3.8) is 0 Å². The van der Waals surface area contributed by atoms with Crippen molar-refractivity contribution < 1.29 is 19.7 Å². The second-order valence-corrected chi connectivity index (χ2v) is 4.37. The van der Waals surface area contributed by atoms with Crippen LogP contribution in [0.3, 0.4) is 0 Å². The predicted molar refractivity (Wildman–Crippen MR) is 63.5 cm³/mol. The van der Waals surface area contributed by atoms with E-state index < -0.39 is 18.2 Å². The van der Waals surface area contributed by atoms with Crippen LogP contribution in [0.4, 0.5) is 0 Å². The molecule has 1 saturated heterocycles. The van der Waals surface area contributed by atoms with E-state index in [2.05, 4.69) is 11.9 Å². The maximum Gasteiger partial charge on any atom is 0.207 e. The molecule has 1 aliphatic rings. The Bertz CT molecular complexity index is 280. The van der Waals surface area contributed by atoms with Crippen LogP contribution in [0, 0.1) is 5.92 Å². The van der Waals surface area contributed by atoms with E-state index in [1.807, 2.05) is 13.8 Å². The summed E-state index contributed by atoms with van der Waals surface area (Å²) in [5, 5.41) is 22.3. The van der Waals surface area contributed by atoms with E-state index in [9.17, 15) is 15.0 Å². The average Bonchev–Trinajstić information content (AvgIpc) is 2.31. The lowest BCUT2D eigenvalue weighted by molar-refractivity contribution is -0.155. The van der Waals surface area contributed by atoms with Crippen molar-refractivity contribution in [2.75, 3.05) is 0 Å². The van der Waals surface area contributed by atoms with Crippen LogP contribution in [0.25, 0.3) is 0 Å². The normalized spacial score (nSPS) is 37.5. The largest absolute Gasteiger partial charge is 0.510 e. The first-order chi connectivity index (χ1) is 8.06. The highest BCUT2D eigenvalue weighted by Crippen LogP contribution is 2.32. The lowest BCUT2D eigenvalue weighted by Crippen LogP contribution is -2.59. The number of hydrogen-bond acceptors (Lipinski definition) is 4. The van der Waals surface area contributed by atoms with E-state index in [-0.39, 0.29) is 17.8 Å². The minimum atomic E-state index is -0.738. The van der Waals surface area contributed by atoms with E-state index in [0.717, 1.165) is 0 Å². The molecule has 0 aliphatic carbocycles. The van der Waals surface area contributed by atoms with Gasteiger partial charge in [-0.25, -0.2) is 0 Å². The zero-order valence-corrected chi connectivity index (χ0v) is 10.3. The molecule has 98 valence electrons. The van der Waals surface area contributed by atoms with Crippen molar-refractivity contribution in [1.29, 1.82) is 0 Å².